The number of fused-ring (bicyclic) bond motifs is 1. The van der Waals surface area contributed by atoms with Crippen LogP contribution in [-0.2, 0) is 11.3 Å². The molecule has 8 nitrogen and oxygen atoms in total. The highest BCUT2D eigenvalue weighted by Gasteiger charge is 2.22. The molecule has 0 N–H and O–H groups in total. The Kier molecular flexibility index (Phi) is 5.80. The number of aromatic nitrogens is 4. The zero-order chi connectivity index (χ0) is 22.6. The molecule has 1 amide bonds. The van der Waals surface area contributed by atoms with Crippen molar-refractivity contribution in [2.45, 2.75) is 13.0 Å². The lowest BCUT2D eigenvalue weighted by molar-refractivity contribution is -0.131. The van der Waals surface area contributed by atoms with Crippen molar-refractivity contribution in [3.8, 4) is 11.4 Å². The number of para-hydroxylation sites is 1. The van der Waals surface area contributed by atoms with Gasteiger partial charge in [-0.05, 0) is 18.2 Å². The molecule has 8 heteroatoms. The quantitative estimate of drug-likeness (QED) is 0.474. The maximum atomic E-state index is 12.8. The highest BCUT2D eigenvalue weighted by molar-refractivity contribution is 5.79. The average Bonchev–Trinajstić information content (AvgIpc) is 2.89. The lowest BCUT2D eigenvalue weighted by Crippen LogP contribution is -2.49. The summed E-state index contributed by atoms with van der Waals surface area (Å²) in [5, 5.41) is 4.84. The number of amides is 1. The third kappa shape index (κ3) is 4.45. The van der Waals surface area contributed by atoms with E-state index >= 15 is 0 Å². The SMILES string of the molecule is O=C(CCn1ncc(=O)c2ccccc21)N1CCN(c2ccnc(-c3ccccc3)n2)CC1. The average molecular weight is 441 g/mol. The van der Waals surface area contributed by atoms with Gasteiger partial charge in [-0.25, -0.2) is 9.97 Å². The standard InChI is InChI=1S/C25H24N6O2/c32-22-18-27-31(21-9-5-4-8-20(21)22)13-11-24(33)30-16-14-29(15-17-30)23-10-12-26-25(28-23)19-6-2-1-3-7-19/h1-10,12,18H,11,13-17H2. The van der Waals surface area contributed by atoms with E-state index in [9.17, 15) is 9.59 Å². The summed E-state index contributed by atoms with van der Waals surface area (Å²) in [6.07, 6.45) is 3.44. The van der Waals surface area contributed by atoms with Crippen LogP contribution < -0.4 is 10.3 Å². The smallest absolute Gasteiger partial charge is 0.224 e. The number of aryl methyl sites for hydroxylation is 1. The molecular weight excluding hydrogens is 416 g/mol. The number of rotatable bonds is 5. The molecule has 0 unspecified atom stereocenters. The number of carbonyl (C=O) groups is 1. The Balaban J connectivity index is 1.20. The Morgan fingerprint density at radius 1 is 0.909 bits per heavy atom. The van der Waals surface area contributed by atoms with Gasteiger partial charge in [0.2, 0.25) is 11.3 Å². The number of hydrogen-bond donors (Lipinski definition) is 0. The van der Waals surface area contributed by atoms with Gasteiger partial charge in [-0.2, -0.15) is 5.10 Å². The molecule has 3 heterocycles. The third-order valence-corrected chi connectivity index (χ3v) is 5.93. The van der Waals surface area contributed by atoms with E-state index in [0.717, 1.165) is 30.0 Å². The molecule has 5 rings (SSSR count). The zero-order valence-corrected chi connectivity index (χ0v) is 18.2. The van der Waals surface area contributed by atoms with E-state index in [0.29, 0.717) is 37.3 Å². The van der Waals surface area contributed by atoms with E-state index < -0.39 is 0 Å². The molecule has 0 atom stereocenters. The predicted octanol–water partition coefficient (Wildman–Crippen LogP) is 2.59. The summed E-state index contributed by atoms with van der Waals surface area (Å²) in [5.41, 5.74) is 1.63. The van der Waals surface area contributed by atoms with E-state index in [1.807, 2.05) is 59.5 Å². The molecule has 0 spiro atoms. The van der Waals surface area contributed by atoms with Crippen LogP contribution in [0, 0.1) is 0 Å². The fraction of sp³-hybridized carbons (Fsp3) is 0.240. The van der Waals surface area contributed by atoms with Crippen molar-refractivity contribution < 1.29 is 4.79 Å². The van der Waals surface area contributed by atoms with Gasteiger partial charge < -0.3 is 9.80 Å². The van der Waals surface area contributed by atoms with Gasteiger partial charge in [0, 0.05) is 49.7 Å². The molecule has 0 radical (unpaired) electrons. The lowest BCUT2D eigenvalue weighted by atomic mass is 10.2. The second-order valence-electron chi connectivity index (χ2n) is 7.97. The summed E-state index contributed by atoms with van der Waals surface area (Å²) < 4.78 is 1.73. The van der Waals surface area contributed by atoms with Crippen molar-refractivity contribution in [2.24, 2.45) is 0 Å². The molecule has 1 aliphatic heterocycles. The Labute approximate surface area is 191 Å². The summed E-state index contributed by atoms with van der Waals surface area (Å²) in [4.78, 5) is 38.0. The molecular formula is C25H24N6O2. The predicted molar refractivity (Wildman–Crippen MR) is 127 cm³/mol. The minimum Gasteiger partial charge on any atom is -0.353 e. The summed E-state index contributed by atoms with van der Waals surface area (Å²) in [5.74, 6) is 1.67. The third-order valence-electron chi connectivity index (χ3n) is 5.93. The van der Waals surface area contributed by atoms with Crippen molar-refractivity contribution in [3.05, 3.63) is 83.3 Å². The Morgan fingerprint density at radius 3 is 2.48 bits per heavy atom. The highest BCUT2D eigenvalue weighted by atomic mass is 16.2. The first kappa shape index (κ1) is 20.8. The molecule has 1 saturated heterocycles. The second kappa shape index (κ2) is 9.20. The molecule has 4 aromatic rings. The van der Waals surface area contributed by atoms with Crippen LogP contribution in [0.25, 0.3) is 22.3 Å². The van der Waals surface area contributed by atoms with E-state index in [1.165, 1.54) is 6.20 Å². The van der Waals surface area contributed by atoms with Crippen molar-refractivity contribution >= 4 is 22.6 Å². The van der Waals surface area contributed by atoms with Crippen LogP contribution in [0.2, 0.25) is 0 Å². The van der Waals surface area contributed by atoms with Gasteiger partial charge in [0.15, 0.2) is 5.82 Å². The Hall–Kier alpha value is -4.07. The molecule has 0 aliphatic carbocycles. The van der Waals surface area contributed by atoms with E-state index in [-0.39, 0.29) is 11.3 Å². The van der Waals surface area contributed by atoms with E-state index in [2.05, 4.69) is 15.0 Å². The first-order valence-electron chi connectivity index (χ1n) is 11.0. The normalized spacial score (nSPS) is 13.9. The van der Waals surface area contributed by atoms with Crippen molar-refractivity contribution in [2.75, 3.05) is 31.1 Å². The monoisotopic (exact) mass is 440 g/mol. The minimum atomic E-state index is -0.107. The van der Waals surface area contributed by atoms with Gasteiger partial charge in [-0.1, -0.05) is 42.5 Å². The van der Waals surface area contributed by atoms with Gasteiger partial charge >= 0.3 is 0 Å². The number of piperazine rings is 1. The highest BCUT2D eigenvalue weighted by Crippen LogP contribution is 2.19. The molecule has 1 fully saturated rings. The van der Waals surface area contributed by atoms with Crippen molar-refractivity contribution in [1.82, 2.24) is 24.6 Å². The molecule has 166 valence electrons. The fourth-order valence-corrected chi connectivity index (χ4v) is 4.14. The Bertz CT molecular complexity index is 1330. The van der Waals surface area contributed by atoms with Crippen LogP contribution in [0.4, 0.5) is 5.82 Å². The molecule has 2 aromatic heterocycles. The number of hydrogen-bond acceptors (Lipinski definition) is 6. The van der Waals surface area contributed by atoms with Crippen LogP contribution >= 0.6 is 0 Å². The van der Waals surface area contributed by atoms with Crippen molar-refractivity contribution in [1.29, 1.82) is 0 Å². The van der Waals surface area contributed by atoms with Crippen LogP contribution in [-0.4, -0.2) is 56.7 Å². The van der Waals surface area contributed by atoms with Gasteiger partial charge in [-0.15, -0.1) is 0 Å². The summed E-state index contributed by atoms with van der Waals surface area (Å²) in [7, 11) is 0. The maximum Gasteiger partial charge on any atom is 0.224 e. The summed E-state index contributed by atoms with van der Waals surface area (Å²) in [6, 6.07) is 19.2. The van der Waals surface area contributed by atoms with E-state index in [1.54, 1.807) is 16.9 Å². The van der Waals surface area contributed by atoms with Gasteiger partial charge in [0.1, 0.15) is 5.82 Å². The minimum absolute atomic E-state index is 0.0897. The first-order chi connectivity index (χ1) is 16.2. The van der Waals surface area contributed by atoms with Crippen LogP contribution in [0.1, 0.15) is 6.42 Å². The first-order valence-corrected chi connectivity index (χ1v) is 11.0. The molecule has 1 aliphatic rings. The summed E-state index contributed by atoms with van der Waals surface area (Å²) in [6.45, 7) is 3.16. The number of carbonyl (C=O) groups excluding carboxylic acids is 1. The second-order valence-corrected chi connectivity index (χ2v) is 7.97. The van der Waals surface area contributed by atoms with E-state index in [4.69, 9.17) is 4.98 Å². The topological polar surface area (TPSA) is 84.2 Å². The molecule has 33 heavy (non-hydrogen) atoms. The number of benzene rings is 2. The van der Waals surface area contributed by atoms with Crippen LogP contribution in [0.3, 0.4) is 0 Å². The fourth-order valence-electron chi connectivity index (χ4n) is 4.14. The number of anilines is 1. The number of nitrogens with zero attached hydrogens (tertiary/aromatic N) is 6. The van der Waals surface area contributed by atoms with Crippen LogP contribution in [0.15, 0.2) is 77.9 Å². The molecule has 2 aromatic carbocycles. The van der Waals surface area contributed by atoms with Crippen molar-refractivity contribution in [3.63, 3.8) is 0 Å². The van der Waals surface area contributed by atoms with Crippen LogP contribution in [0.5, 0.6) is 0 Å². The van der Waals surface area contributed by atoms with Gasteiger partial charge in [-0.3, -0.25) is 14.3 Å². The largest absolute Gasteiger partial charge is 0.353 e. The summed E-state index contributed by atoms with van der Waals surface area (Å²) >= 11 is 0. The zero-order valence-electron chi connectivity index (χ0n) is 18.2. The Morgan fingerprint density at radius 2 is 1.67 bits per heavy atom. The molecule has 0 saturated carbocycles. The van der Waals surface area contributed by atoms with Gasteiger partial charge in [0.25, 0.3) is 0 Å². The maximum absolute atomic E-state index is 12.8. The molecule has 0 bridgehead atoms. The van der Waals surface area contributed by atoms with Gasteiger partial charge in [0.05, 0.1) is 18.3 Å². The lowest BCUT2D eigenvalue weighted by Gasteiger charge is -2.35.